The van der Waals surface area contributed by atoms with Gasteiger partial charge in [0.2, 0.25) is 0 Å². The van der Waals surface area contributed by atoms with Gasteiger partial charge < -0.3 is 9.47 Å². The molecule has 0 spiro atoms. The molecule has 1 rings (SSSR count). The van der Waals surface area contributed by atoms with Crippen molar-refractivity contribution in [3.63, 3.8) is 0 Å². The molecule has 1 aromatic carbocycles. The van der Waals surface area contributed by atoms with Gasteiger partial charge in [-0.05, 0) is 24.3 Å². The van der Waals surface area contributed by atoms with Crippen molar-refractivity contribution in [3.8, 4) is 5.75 Å². The molecule has 5 nitrogen and oxygen atoms in total. The fourth-order valence-electron chi connectivity index (χ4n) is 0.900. The zero-order chi connectivity index (χ0) is 12.2. The first-order chi connectivity index (χ1) is 7.43. The molecule has 0 atom stereocenters. The van der Waals surface area contributed by atoms with Crippen molar-refractivity contribution in [2.75, 3.05) is 13.7 Å². The van der Waals surface area contributed by atoms with E-state index >= 15 is 0 Å². The number of methoxy groups -OCH3 is 1. The van der Waals surface area contributed by atoms with Crippen LogP contribution in [0.25, 0.3) is 0 Å². The van der Waals surface area contributed by atoms with Gasteiger partial charge in [0.25, 0.3) is 0 Å². The molecule has 0 saturated heterocycles. The molecule has 0 fully saturated rings. The van der Waals surface area contributed by atoms with Crippen LogP contribution in [0.15, 0.2) is 29.2 Å². The van der Waals surface area contributed by atoms with Crippen molar-refractivity contribution in [1.29, 1.82) is 0 Å². The lowest BCUT2D eigenvalue weighted by Crippen LogP contribution is -2.12. The van der Waals surface area contributed by atoms with E-state index < -0.39 is 21.1 Å². The lowest BCUT2D eigenvalue weighted by atomic mass is 10.3. The Labute approximate surface area is 92.0 Å². The first-order valence-electron chi connectivity index (χ1n) is 4.18. The van der Waals surface area contributed by atoms with Crippen molar-refractivity contribution in [2.24, 2.45) is 0 Å². The van der Waals surface area contributed by atoms with Crippen molar-refractivity contribution in [3.05, 3.63) is 24.3 Å². The molecule has 7 heteroatoms. The Morgan fingerprint density at radius 3 is 2.31 bits per heavy atom. The average Bonchev–Trinajstić information content (AvgIpc) is 2.25. The van der Waals surface area contributed by atoms with Crippen LogP contribution in [0.2, 0.25) is 0 Å². The van der Waals surface area contributed by atoms with E-state index in [0.717, 1.165) is 12.1 Å². The van der Waals surface area contributed by atoms with Crippen LogP contribution in [0.5, 0.6) is 5.75 Å². The summed E-state index contributed by atoms with van der Waals surface area (Å²) in [6.07, 6.45) is 0. The molecule has 0 amide bonds. The summed E-state index contributed by atoms with van der Waals surface area (Å²) in [6, 6.07) is 4.58. The third kappa shape index (κ3) is 3.50. The molecule has 0 heterocycles. The first kappa shape index (κ1) is 12.4. The summed E-state index contributed by atoms with van der Waals surface area (Å²) in [5.41, 5.74) is 0. The SMILES string of the molecule is COC(=O)COc1ccc(S(=O)(=O)F)cc1. The molecule has 0 radical (unpaired) electrons. The fraction of sp³-hybridized carbons (Fsp3) is 0.222. The highest BCUT2D eigenvalue weighted by atomic mass is 32.3. The monoisotopic (exact) mass is 248 g/mol. The Kier molecular flexibility index (Phi) is 3.83. The summed E-state index contributed by atoms with van der Waals surface area (Å²) in [4.78, 5) is 10.2. The summed E-state index contributed by atoms with van der Waals surface area (Å²) in [7, 11) is -3.49. The van der Waals surface area contributed by atoms with E-state index in [4.69, 9.17) is 4.74 Å². The first-order valence-corrected chi connectivity index (χ1v) is 5.56. The molecule has 0 bridgehead atoms. The van der Waals surface area contributed by atoms with E-state index in [1.54, 1.807) is 0 Å². The topological polar surface area (TPSA) is 69.7 Å². The van der Waals surface area contributed by atoms with E-state index in [2.05, 4.69) is 4.74 Å². The van der Waals surface area contributed by atoms with Gasteiger partial charge in [0, 0.05) is 0 Å². The Morgan fingerprint density at radius 1 is 1.31 bits per heavy atom. The fourth-order valence-corrected chi connectivity index (χ4v) is 1.36. The number of hydrogen-bond acceptors (Lipinski definition) is 5. The Balaban J connectivity index is 2.69. The minimum atomic E-state index is -4.70. The second-order valence-corrected chi connectivity index (χ2v) is 4.12. The van der Waals surface area contributed by atoms with Gasteiger partial charge >= 0.3 is 16.2 Å². The summed E-state index contributed by atoms with van der Waals surface area (Å²) < 4.78 is 42.7. The normalized spacial score (nSPS) is 10.9. The molecule has 88 valence electrons. The van der Waals surface area contributed by atoms with E-state index in [9.17, 15) is 17.1 Å². The lowest BCUT2D eigenvalue weighted by molar-refractivity contribution is -0.142. The van der Waals surface area contributed by atoms with Crippen LogP contribution >= 0.6 is 0 Å². The molecular weight excluding hydrogens is 239 g/mol. The number of rotatable bonds is 4. The smallest absolute Gasteiger partial charge is 0.343 e. The maximum absolute atomic E-state index is 12.5. The summed E-state index contributed by atoms with van der Waals surface area (Å²) in [6.45, 7) is -0.293. The molecule has 1 aromatic rings. The summed E-state index contributed by atoms with van der Waals surface area (Å²) in [5.74, 6) is -0.319. The number of ether oxygens (including phenoxy) is 2. The minimum Gasteiger partial charge on any atom is -0.482 e. The quantitative estimate of drug-likeness (QED) is 0.584. The van der Waals surface area contributed by atoms with Crippen molar-refractivity contribution < 1.29 is 26.6 Å². The second kappa shape index (κ2) is 4.93. The average molecular weight is 248 g/mol. The zero-order valence-electron chi connectivity index (χ0n) is 8.34. The number of halogens is 1. The van der Waals surface area contributed by atoms with Crippen molar-refractivity contribution in [2.45, 2.75) is 4.90 Å². The van der Waals surface area contributed by atoms with Gasteiger partial charge in [0.1, 0.15) is 5.75 Å². The third-order valence-corrected chi connectivity index (χ3v) is 2.52. The van der Waals surface area contributed by atoms with E-state index in [1.807, 2.05) is 0 Å². The summed E-state index contributed by atoms with van der Waals surface area (Å²) >= 11 is 0. The van der Waals surface area contributed by atoms with Gasteiger partial charge in [-0.3, -0.25) is 0 Å². The maximum Gasteiger partial charge on any atom is 0.343 e. The van der Waals surface area contributed by atoms with Gasteiger partial charge in [-0.2, -0.15) is 8.42 Å². The van der Waals surface area contributed by atoms with Gasteiger partial charge in [0.15, 0.2) is 6.61 Å². The number of esters is 1. The highest BCUT2D eigenvalue weighted by Crippen LogP contribution is 2.17. The molecule has 0 aliphatic rings. The van der Waals surface area contributed by atoms with Crippen molar-refractivity contribution >= 4 is 16.2 Å². The highest BCUT2D eigenvalue weighted by molar-refractivity contribution is 7.86. The van der Waals surface area contributed by atoms with Crippen LogP contribution in [0, 0.1) is 0 Å². The maximum atomic E-state index is 12.5. The number of carbonyl (C=O) groups excluding carboxylic acids is 1. The summed E-state index contributed by atoms with van der Waals surface area (Å²) in [5, 5.41) is 0. The lowest BCUT2D eigenvalue weighted by Gasteiger charge is -2.04. The molecule has 0 N–H and O–H groups in total. The molecule has 0 saturated carbocycles. The van der Waals surface area contributed by atoms with Gasteiger partial charge in [-0.25, -0.2) is 4.79 Å². The molecule has 0 unspecified atom stereocenters. The molecular formula is C9H9FO5S. The predicted octanol–water partition coefficient (Wildman–Crippen LogP) is 0.897. The predicted molar refractivity (Wildman–Crippen MR) is 52.2 cm³/mol. The Morgan fingerprint density at radius 2 is 1.88 bits per heavy atom. The largest absolute Gasteiger partial charge is 0.482 e. The molecule has 0 aliphatic carbocycles. The van der Waals surface area contributed by atoms with E-state index in [-0.39, 0.29) is 12.4 Å². The zero-order valence-corrected chi connectivity index (χ0v) is 9.16. The van der Waals surface area contributed by atoms with Gasteiger partial charge in [-0.15, -0.1) is 3.89 Å². The Bertz CT molecular complexity index is 465. The molecule has 0 aromatic heterocycles. The van der Waals surface area contributed by atoms with Crippen LogP contribution < -0.4 is 4.74 Å². The number of benzene rings is 1. The van der Waals surface area contributed by atoms with Crippen LogP contribution in [0.1, 0.15) is 0 Å². The van der Waals surface area contributed by atoms with Crippen LogP contribution in [-0.4, -0.2) is 28.1 Å². The van der Waals surface area contributed by atoms with Crippen LogP contribution in [-0.2, 0) is 19.8 Å². The molecule has 16 heavy (non-hydrogen) atoms. The Hall–Kier alpha value is -1.63. The highest BCUT2D eigenvalue weighted by Gasteiger charge is 2.11. The number of hydrogen-bond donors (Lipinski definition) is 0. The van der Waals surface area contributed by atoms with Gasteiger partial charge in [-0.1, -0.05) is 0 Å². The minimum absolute atomic E-state index is 0.248. The van der Waals surface area contributed by atoms with E-state index in [0.29, 0.717) is 0 Å². The number of carbonyl (C=O) groups is 1. The van der Waals surface area contributed by atoms with E-state index in [1.165, 1.54) is 19.2 Å². The standard InChI is InChI=1S/C9H9FO5S/c1-14-9(11)6-15-7-2-4-8(5-3-7)16(10,12)13/h2-5H,6H2,1H3. The van der Waals surface area contributed by atoms with Crippen LogP contribution in [0.3, 0.4) is 0 Å². The third-order valence-electron chi connectivity index (χ3n) is 1.69. The van der Waals surface area contributed by atoms with Crippen molar-refractivity contribution in [1.82, 2.24) is 0 Å². The van der Waals surface area contributed by atoms with Crippen LogP contribution in [0.4, 0.5) is 3.89 Å². The second-order valence-electron chi connectivity index (χ2n) is 2.77. The molecule has 0 aliphatic heterocycles. The van der Waals surface area contributed by atoms with Gasteiger partial charge in [0.05, 0.1) is 12.0 Å².